The lowest BCUT2D eigenvalue weighted by Gasteiger charge is -2.22. The lowest BCUT2D eigenvalue weighted by atomic mass is 10.0. The Morgan fingerprint density at radius 1 is 1.09 bits per heavy atom. The van der Waals surface area contributed by atoms with Crippen LogP contribution in [-0.4, -0.2) is 63.1 Å². The Labute approximate surface area is 138 Å². The largest absolute Gasteiger partial charge is 0.496 e. The predicted octanol–water partition coefficient (Wildman–Crippen LogP) is 1.42. The number of hydrogen-bond donors (Lipinski definition) is 0. The maximum Gasteiger partial charge on any atom is 0.257 e. The molecule has 7 heteroatoms. The fourth-order valence-electron chi connectivity index (χ4n) is 2.72. The van der Waals surface area contributed by atoms with E-state index in [0.29, 0.717) is 43.9 Å². The van der Waals surface area contributed by atoms with Crippen molar-refractivity contribution in [2.45, 2.75) is 20.3 Å². The lowest BCUT2D eigenvalue weighted by molar-refractivity contribution is 0.0760. The van der Waals surface area contributed by atoms with Crippen LogP contribution in [0, 0.1) is 13.8 Å². The quantitative estimate of drug-likeness (QED) is 0.835. The molecule has 1 aliphatic heterocycles. The van der Waals surface area contributed by atoms with Gasteiger partial charge in [0.05, 0.1) is 18.9 Å². The van der Waals surface area contributed by atoms with Crippen molar-refractivity contribution in [3.05, 3.63) is 28.8 Å². The van der Waals surface area contributed by atoms with Crippen molar-refractivity contribution in [1.82, 2.24) is 9.21 Å². The molecule has 0 bridgehead atoms. The van der Waals surface area contributed by atoms with E-state index in [0.717, 1.165) is 11.1 Å². The third kappa shape index (κ3) is 4.03. The summed E-state index contributed by atoms with van der Waals surface area (Å²) in [6.07, 6.45) is 1.84. The van der Waals surface area contributed by atoms with Gasteiger partial charge in [-0.2, -0.15) is 0 Å². The van der Waals surface area contributed by atoms with E-state index in [1.165, 1.54) is 10.6 Å². The lowest BCUT2D eigenvalue weighted by Crippen LogP contribution is -2.37. The number of benzene rings is 1. The van der Waals surface area contributed by atoms with E-state index in [4.69, 9.17) is 4.74 Å². The molecule has 1 heterocycles. The number of aryl methyl sites for hydroxylation is 2. The molecule has 1 aliphatic rings. The molecule has 1 amide bonds. The van der Waals surface area contributed by atoms with E-state index >= 15 is 0 Å². The number of amides is 1. The van der Waals surface area contributed by atoms with Crippen molar-refractivity contribution in [1.29, 1.82) is 0 Å². The molecule has 1 aromatic rings. The Balaban J connectivity index is 2.23. The van der Waals surface area contributed by atoms with E-state index in [1.54, 1.807) is 12.0 Å². The fraction of sp³-hybridized carbons (Fsp3) is 0.562. The minimum absolute atomic E-state index is 0.111. The van der Waals surface area contributed by atoms with Gasteiger partial charge in [-0.15, -0.1) is 0 Å². The smallest absolute Gasteiger partial charge is 0.257 e. The number of rotatable bonds is 3. The van der Waals surface area contributed by atoms with E-state index in [2.05, 4.69) is 0 Å². The van der Waals surface area contributed by atoms with E-state index < -0.39 is 10.0 Å². The van der Waals surface area contributed by atoms with Crippen molar-refractivity contribution < 1.29 is 17.9 Å². The van der Waals surface area contributed by atoms with Gasteiger partial charge in [0, 0.05) is 26.2 Å². The molecule has 0 radical (unpaired) electrons. The molecule has 23 heavy (non-hydrogen) atoms. The number of ether oxygens (including phenoxy) is 1. The van der Waals surface area contributed by atoms with Crippen molar-refractivity contribution in [2.75, 3.05) is 39.5 Å². The molecular weight excluding hydrogens is 316 g/mol. The third-order valence-corrected chi connectivity index (χ3v) is 5.56. The number of carbonyl (C=O) groups excluding carboxylic acids is 1. The first kappa shape index (κ1) is 17.7. The van der Waals surface area contributed by atoms with Crippen LogP contribution in [0.1, 0.15) is 27.9 Å². The number of hydrogen-bond acceptors (Lipinski definition) is 4. The molecule has 1 fully saturated rings. The molecular formula is C16H24N2O4S. The van der Waals surface area contributed by atoms with Crippen LogP contribution in [0.2, 0.25) is 0 Å². The summed E-state index contributed by atoms with van der Waals surface area (Å²) in [7, 11) is -1.67. The Hall–Kier alpha value is -1.60. The molecule has 0 aliphatic carbocycles. The number of sulfonamides is 1. The molecule has 128 valence electrons. The zero-order valence-corrected chi connectivity index (χ0v) is 14.9. The molecule has 0 saturated carbocycles. The molecule has 1 aromatic carbocycles. The van der Waals surface area contributed by atoms with Crippen LogP contribution in [0.5, 0.6) is 5.75 Å². The molecule has 0 atom stereocenters. The Morgan fingerprint density at radius 2 is 1.74 bits per heavy atom. The highest BCUT2D eigenvalue weighted by Gasteiger charge is 2.26. The highest BCUT2D eigenvalue weighted by Crippen LogP contribution is 2.25. The second kappa shape index (κ2) is 6.88. The molecule has 0 unspecified atom stereocenters. The van der Waals surface area contributed by atoms with Gasteiger partial charge in [0.1, 0.15) is 5.75 Å². The van der Waals surface area contributed by atoms with E-state index in [1.807, 2.05) is 26.0 Å². The zero-order chi connectivity index (χ0) is 17.2. The van der Waals surface area contributed by atoms with Gasteiger partial charge in [-0.25, -0.2) is 12.7 Å². The second-order valence-electron chi connectivity index (χ2n) is 5.94. The first-order valence-corrected chi connectivity index (χ1v) is 9.48. The molecule has 2 rings (SSSR count). The third-order valence-electron chi connectivity index (χ3n) is 4.26. The first-order chi connectivity index (χ1) is 10.7. The Kier molecular flexibility index (Phi) is 5.31. The van der Waals surface area contributed by atoms with E-state index in [-0.39, 0.29) is 5.91 Å². The minimum Gasteiger partial charge on any atom is -0.496 e. The maximum absolute atomic E-state index is 12.8. The number of methoxy groups -OCH3 is 1. The SMILES string of the molecule is COc1cc(C)c(C)cc1C(=O)N1CCCN(S(C)(=O)=O)CC1. The van der Waals surface area contributed by atoms with Gasteiger partial charge in [-0.3, -0.25) is 4.79 Å². The summed E-state index contributed by atoms with van der Waals surface area (Å²) in [4.78, 5) is 14.5. The summed E-state index contributed by atoms with van der Waals surface area (Å²) in [5.74, 6) is 0.447. The van der Waals surface area contributed by atoms with Gasteiger partial charge in [0.2, 0.25) is 10.0 Å². The Morgan fingerprint density at radius 3 is 2.35 bits per heavy atom. The van der Waals surface area contributed by atoms with Crippen LogP contribution in [0.3, 0.4) is 0 Å². The van der Waals surface area contributed by atoms with Crippen LogP contribution in [0.15, 0.2) is 12.1 Å². The normalized spacial score (nSPS) is 17.0. The van der Waals surface area contributed by atoms with Gasteiger partial charge in [0.15, 0.2) is 0 Å². The highest BCUT2D eigenvalue weighted by molar-refractivity contribution is 7.88. The summed E-state index contributed by atoms with van der Waals surface area (Å²) in [5, 5.41) is 0. The Bertz CT molecular complexity index is 700. The topological polar surface area (TPSA) is 66.9 Å². The van der Waals surface area contributed by atoms with Crippen LogP contribution in [0.4, 0.5) is 0 Å². The minimum atomic E-state index is -3.22. The van der Waals surface area contributed by atoms with Crippen LogP contribution >= 0.6 is 0 Å². The zero-order valence-electron chi connectivity index (χ0n) is 14.1. The van der Waals surface area contributed by atoms with Gasteiger partial charge in [-0.1, -0.05) is 0 Å². The van der Waals surface area contributed by atoms with Gasteiger partial charge < -0.3 is 9.64 Å². The molecule has 1 saturated heterocycles. The summed E-state index contributed by atoms with van der Waals surface area (Å²) < 4.78 is 30.1. The predicted molar refractivity (Wildman–Crippen MR) is 89.4 cm³/mol. The van der Waals surface area contributed by atoms with Crippen molar-refractivity contribution in [3.63, 3.8) is 0 Å². The van der Waals surface area contributed by atoms with Gasteiger partial charge in [-0.05, 0) is 43.5 Å². The monoisotopic (exact) mass is 340 g/mol. The summed E-state index contributed by atoms with van der Waals surface area (Å²) in [6.45, 7) is 5.65. The van der Waals surface area contributed by atoms with Crippen molar-refractivity contribution in [3.8, 4) is 5.75 Å². The fourth-order valence-corrected chi connectivity index (χ4v) is 3.60. The number of carbonyl (C=O) groups is 1. The summed E-state index contributed by atoms with van der Waals surface area (Å²) in [5.41, 5.74) is 2.63. The first-order valence-electron chi connectivity index (χ1n) is 7.63. The standard InChI is InChI=1S/C16H24N2O4S/c1-12-10-14(15(22-3)11-13(12)2)16(19)17-6-5-7-18(9-8-17)23(4,20)21/h10-11H,5-9H2,1-4H3. The van der Waals surface area contributed by atoms with Crippen molar-refractivity contribution in [2.24, 2.45) is 0 Å². The van der Waals surface area contributed by atoms with Crippen LogP contribution in [-0.2, 0) is 10.0 Å². The van der Waals surface area contributed by atoms with Gasteiger partial charge in [0.25, 0.3) is 5.91 Å². The molecule has 0 aromatic heterocycles. The van der Waals surface area contributed by atoms with Crippen LogP contribution < -0.4 is 4.74 Å². The van der Waals surface area contributed by atoms with E-state index in [9.17, 15) is 13.2 Å². The second-order valence-corrected chi connectivity index (χ2v) is 7.93. The molecule has 6 nitrogen and oxygen atoms in total. The van der Waals surface area contributed by atoms with Gasteiger partial charge >= 0.3 is 0 Å². The summed E-state index contributed by atoms with van der Waals surface area (Å²) >= 11 is 0. The van der Waals surface area contributed by atoms with Crippen molar-refractivity contribution >= 4 is 15.9 Å². The average molecular weight is 340 g/mol. The molecule has 0 N–H and O–H groups in total. The number of nitrogens with zero attached hydrogens (tertiary/aromatic N) is 2. The average Bonchev–Trinajstić information content (AvgIpc) is 2.74. The summed E-state index contributed by atoms with van der Waals surface area (Å²) in [6, 6.07) is 3.71. The maximum atomic E-state index is 12.8. The highest BCUT2D eigenvalue weighted by atomic mass is 32.2. The molecule has 0 spiro atoms. The van der Waals surface area contributed by atoms with Crippen LogP contribution in [0.25, 0.3) is 0 Å².